The largest absolute Gasteiger partial charge is 0.448 e. The Morgan fingerprint density at radius 2 is 1.73 bits per heavy atom. The molecule has 0 fully saturated rings. The van der Waals surface area contributed by atoms with E-state index in [1.165, 1.54) is 0 Å². The molecule has 1 aromatic carbocycles. The predicted molar refractivity (Wildman–Crippen MR) is 97.0 cm³/mol. The number of amides is 3. The molecule has 7 nitrogen and oxygen atoms in total. The number of ether oxygens (including phenoxy) is 1. The maximum Gasteiger partial charge on any atom is 0.340 e. The maximum absolute atomic E-state index is 12.6. The number of benzene rings is 1. The summed E-state index contributed by atoms with van der Waals surface area (Å²) in [4.78, 5) is 35.6. The highest BCUT2D eigenvalue weighted by Crippen LogP contribution is 2.22. The van der Waals surface area contributed by atoms with Crippen LogP contribution in [0.2, 0.25) is 0 Å². The van der Waals surface area contributed by atoms with Gasteiger partial charge < -0.3 is 15.0 Å². The molecule has 3 N–H and O–H groups in total. The molecular weight excluding hydrogens is 334 g/mol. The number of para-hydroxylation sites is 1. The van der Waals surface area contributed by atoms with Gasteiger partial charge in [-0.2, -0.15) is 0 Å². The van der Waals surface area contributed by atoms with Crippen LogP contribution in [-0.4, -0.2) is 28.6 Å². The van der Waals surface area contributed by atoms with Crippen molar-refractivity contribution in [2.45, 2.75) is 33.8 Å². The molecule has 1 heterocycles. The average Bonchev–Trinajstić information content (AvgIpc) is 2.86. The second-order valence-electron chi connectivity index (χ2n) is 6.38. The number of hydrogen-bond donors (Lipinski definition) is 2. The van der Waals surface area contributed by atoms with Gasteiger partial charge in [0.25, 0.3) is 5.91 Å². The number of carbonyl (C=O) groups excluding carboxylic acids is 3. The van der Waals surface area contributed by atoms with Gasteiger partial charge in [-0.05, 0) is 38.0 Å². The Balaban J connectivity index is 2.29. The highest BCUT2D eigenvalue weighted by molar-refractivity contribution is 5.98. The Morgan fingerprint density at radius 3 is 2.27 bits per heavy atom. The molecule has 0 aliphatic rings. The van der Waals surface area contributed by atoms with Crippen molar-refractivity contribution in [2.75, 3.05) is 0 Å². The fourth-order valence-corrected chi connectivity index (χ4v) is 2.81. The van der Waals surface area contributed by atoms with E-state index in [4.69, 9.17) is 10.5 Å². The van der Waals surface area contributed by atoms with Crippen LogP contribution in [0.5, 0.6) is 0 Å². The van der Waals surface area contributed by atoms with E-state index in [1.54, 1.807) is 19.9 Å². The number of carbonyl (C=O) groups is 3. The fraction of sp³-hybridized carbons (Fsp3) is 0.316. The van der Waals surface area contributed by atoms with Crippen molar-refractivity contribution >= 4 is 17.9 Å². The molecule has 0 bridgehead atoms. The van der Waals surface area contributed by atoms with Crippen LogP contribution in [0, 0.1) is 19.8 Å². The molecule has 3 amide bonds. The molecule has 138 valence electrons. The van der Waals surface area contributed by atoms with Gasteiger partial charge in [0, 0.05) is 17.1 Å². The highest BCUT2D eigenvalue weighted by atomic mass is 16.5. The van der Waals surface area contributed by atoms with E-state index in [2.05, 4.69) is 0 Å². The van der Waals surface area contributed by atoms with Gasteiger partial charge >= 0.3 is 12.0 Å². The minimum Gasteiger partial charge on any atom is -0.448 e. The quantitative estimate of drug-likeness (QED) is 0.802. The summed E-state index contributed by atoms with van der Waals surface area (Å²) in [6, 6.07) is 10.3. The third-order valence-electron chi connectivity index (χ3n) is 4.01. The zero-order valence-corrected chi connectivity index (χ0v) is 15.3. The molecule has 0 unspecified atom stereocenters. The van der Waals surface area contributed by atoms with Crippen LogP contribution in [0.3, 0.4) is 0 Å². The van der Waals surface area contributed by atoms with Crippen LogP contribution in [0.15, 0.2) is 36.4 Å². The summed E-state index contributed by atoms with van der Waals surface area (Å²) in [5.41, 5.74) is 7.83. The summed E-state index contributed by atoms with van der Waals surface area (Å²) in [5.74, 6) is -1.69. The molecule has 0 saturated carbocycles. The Kier molecular flexibility index (Phi) is 5.82. The number of rotatable bonds is 5. The van der Waals surface area contributed by atoms with E-state index in [0.717, 1.165) is 11.4 Å². The summed E-state index contributed by atoms with van der Waals surface area (Å²) in [5, 5.41) is 1.96. The van der Waals surface area contributed by atoms with Gasteiger partial charge in [-0.3, -0.25) is 10.1 Å². The molecule has 0 aliphatic heterocycles. The van der Waals surface area contributed by atoms with E-state index in [0.29, 0.717) is 11.3 Å². The zero-order chi connectivity index (χ0) is 19.4. The number of aromatic nitrogens is 1. The van der Waals surface area contributed by atoms with Crippen molar-refractivity contribution in [1.29, 1.82) is 0 Å². The molecule has 2 rings (SSSR count). The summed E-state index contributed by atoms with van der Waals surface area (Å²) >= 11 is 0. The maximum atomic E-state index is 12.6. The van der Waals surface area contributed by atoms with Gasteiger partial charge in [0.05, 0.1) is 5.56 Å². The number of esters is 1. The number of primary amides is 1. The Labute approximate surface area is 152 Å². The zero-order valence-electron chi connectivity index (χ0n) is 15.3. The lowest BCUT2D eigenvalue weighted by atomic mass is 10.1. The molecule has 1 aromatic heterocycles. The molecule has 2 aromatic rings. The molecule has 7 heteroatoms. The molecule has 26 heavy (non-hydrogen) atoms. The van der Waals surface area contributed by atoms with Gasteiger partial charge in [-0.1, -0.05) is 32.0 Å². The number of urea groups is 1. The minimum atomic E-state index is -1.12. The first-order valence-electron chi connectivity index (χ1n) is 8.28. The number of nitrogens with zero attached hydrogens (tertiary/aromatic N) is 1. The molecule has 0 spiro atoms. The lowest BCUT2D eigenvalue weighted by Gasteiger charge is -2.19. The first kappa shape index (κ1) is 19.2. The topological polar surface area (TPSA) is 103 Å². The van der Waals surface area contributed by atoms with Crippen molar-refractivity contribution in [3.8, 4) is 5.69 Å². The van der Waals surface area contributed by atoms with Gasteiger partial charge in [0.15, 0.2) is 6.10 Å². The van der Waals surface area contributed by atoms with Gasteiger partial charge in [0.1, 0.15) is 0 Å². The van der Waals surface area contributed by atoms with Crippen LogP contribution in [0.4, 0.5) is 4.79 Å². The first-order chi connectivity index (χ1) is 12.2. The van der Waals surface area contributed by atoms with E-state index in [1.807, 2.05) is 54.1 Å². The van der Waals surface area contributed by atoms with Crippen LogP contribution in [-0.2, 0) is 9.53 Å². The summed E-state index contributed by atoms with van der Waals surface area (Å²) in [7, 11) is 0. The Morgan fingerprint density at radius 1 is 1.12 bits per heavy atom. The Hall–Kier alpha value is -3.09. The normalized spacial score (nSPS) is 11.9. The number of imide groups is 1. The van der Waals surface area contributed by atoms with Crippen molar-refractivity contribution in [2.24, 2.45) is 11.7 Å². The summed E-state index contributed by atoms with van der Waals surface area (Å²) < 4.78 is 7.31. The molecule has 0 aliphatic carbocycles. The SMILES string of the molecule is Cc1cc(C(=O)O[C@H](C(=O)NC(N)=O)C(C)C)c(C)n1-c1ccccc1. The van der Waals surface area contributed by atoms with Crippen molar-refractivity contribution in [3.63, 3.8) is 0 Å². The second kappa shape index (κ2) is 7.86. The first-order valence-corrected chi connectivity index (χ1v) is 8.28. The molecule has 1 atom stereocenters. The van der Waals surface area contributed by atoms with Gasteiger partial charge in [-0.15, -0.1) is 0 Å². The monoisotopic (exact) mass is 357 g/mol. The number of aryl methyl sites for hydroxylation is 1. The number of hydrogen-bond acceptors (Lipinski definition) is 4. The Bertz CT molecular complexity index is 825. The van der Waals surface area contributed by atoms with E-state index < -0.39 is 24.0 Å². The third kappa shape index (κ3) is 4.11. The standard InChI is InChI=1S/C19H23N3O4/c1-11(2)16(17(23)21-19(20)25)26-18(24)15-10-12(3)22(13(15)4)14-8-6-5-7-9-14/h5-11,16H,1-4H3,(H3,20,21,23,25)/t16-/m0/s1. The fourth-order valence-electron chi connectivity index (χ4n) is 2.81. The van der Waals surface area contributed by atoms with Crippen LogP contribution in [0.1, 0.15) is 35.6 Å². The van der Waals surface area contributed by atoms with E-state index >= 15 is 0 Å². The van der Waals surface area contributed by atoms with Crippen LogP contribution >= 0.6 is 0 Å². The lowest BCUT2D eigenvalue weighted by Crippen LogP contribution is -2.45. The summed E-state index contributed by atoms with van der Waals surface area (Å²) in [6.45, 7) is 7.12. The number of nitrogens with two attached hydrogens (primary N) is 1. The van der Waals surface area contributed by atoms with Crippen LogP contribution in [0.25, 0.3) is 5.69 Å². The average molecular weight is 357 g/mol. The predicted octanol–water partition coefficient (Wildman–Crippen LogP) is 2.47. The van der Waals surface area contributed by atoms with Gasteiger partial charge in [-0.25, -0.2) is 9.59 Å². The molecular formula is C19H23N3O4. The van der Waals surface area contributed by atoms with Crippen molar-refractivity contribution in [1.82, 2.24) is 9.88 Å². The van der Waals surface area contributed by atoms with E-state index in [-0.39, 0.29) is 5.92 Å². The smallest absolute Gasteiger partial charge is 0.340 e. The van der Waals surface area contributed by atoms with Crippen molar-refractivity contribution in [3.05, 3.63) is 53.3 Å². The minimum absolute atomic E-state index is 0.323. The molecule has 0 saturated heterocycles. The number of nitrogens with one attached hydrogen (secondary N) is 1. The second-order valence-corrected chi connectivity index (χ2v) is 6.38. The van der Waals surface area contributed by atoms with Crippen LogP contribution < -0.4 is 11.1 Å². The van der Waals surface area contributed by atoms with E-state index in [9.17, 15) is 14.4 Å². The lowest BCUT2D eigenvalue weighted by molar-refractivity contribution is -0.130. The third-order valence-corrected chi connectivity index (χ3v) is 4.01. The summed E-state index contributed by atoms with van der Waals surface area (Å²) in [6.07, 6.45) is -1.12. The van der Waals surface area contributed by atoms with Crippen molar-refractivity contribution < 1.29 is 19.1 Å². The molecule has 0 radical (unpaired) electrons. The van der Waals surface area contributed by atoms with Gasteiger partial charge in [0.2, 0.25) is 0 Å². The highest BCUT2D eigenvalue weighted by Gasteiger charge is 2.29.